The fourth-order valence-corrected chi connectivity index (χ4v) is 4.16. The van der Waals surface area contributed by atoms with Crippen molar-refractivity contribution >= 4 is 28.5 Å². The minimum atomic E-state index is 0.304. The summed E-state index contributed by atoms with van der Waals surface area (Å²) in [5, 5.41) is 3.92. The van der Waals surface area contributed by atoms with Crippen LogP contribution in [0.3, 0.4) is 0 Å². The first-order valence-corrected chi connectivity index (χ1v) is 9.15. The Morgan fingerprint density at radius 3 is 2.67 bits per heavy atom. The van der Waals surface area contributed by atoms with Crippen molar-refractivity contribution in [1.29, 1.82) is 0 Å². The maximum absolute atomic E-state index is 6.09. The first kappa shape index (κ1) is 16.1. The topological polar surface area (TPSA) is 55.2 Å². The second kappa shape index (κ2) is 6.86. The van der Waals surface area contributed by atoms with Crippen molar-refractivity contribution in [2.45, 2.75) is 37.8 Å². The van der Waals surface area contributed by atoms with Gasteiger partial charge >= 0.3 is 0 Å². The van der Waals surface area contributed by atoms with Gasteiger partial charge in [-0.15, -0.1) is 0 Å². The third-order valence-electron chi connectivity index (χ3n) is 5.29. The molecule has 1 saturated heterocycles. The van der Waals surface area contributed by atoms with Crippen LogP contribution in [-0.2, 0) is 11.8 Å². The van der Waals surface area contributed by atoms with Crippen LogP contribution >= 0.6 is 11.6 Å². The molecule has 3 heterocycles. The molecular formula is C17H24ClN5O. The van der Waals surface area contributed by atoms with E-state index in [4.69, 9.17) is 16.3 Å². The Morgan fingerprint density at radius 1 is 1.17 bits per heavy atom. The van der Waals surface area contributed by atoms with E-state index in [-0.39, 0.29) is 0 Å². The highest BCUT2D eigenvalue weighted by molar-refractivity contribution is 6.28. The number of fused-ring (bicyclic) bond motifs is 1. The van der Waals surface area contributed by atoms with Gasteiger partial charge in [0.15, 0.2) is 5.82 Å². The van der Waals surface area contributed by atoms with E-state index in [1.54, 1.807) is 0 Å². The Bertz CT molecular complexity index is 704. The fourth-order valence-electron chi connectivity index (χ4n) is 3.99. The lowest BCUT2D eigenvalue weighted by molar-refractivity contribution is 0.00791. The first-order valence-electron chi connectivity index (χ1n) is 8.77. The zero-order valence-corrected chi connectivity index (χ0v) is 14.8. The summed E-state index contributed by atoms with van der Waals surface area (Å²) in [7, 11) is 2.01. The molecule has 6 nitrogen and oxygen atoms in total. The van der Waals surface area contributed by atoms with Crippen molar-refractivity contribution in [2.75, 3.05) is 31.6 Å². The molecule has 130 valence electrons. The molecule has 1 N–H and O–H groups in total. The summed E-state index contributed by atoms with van der Waals surface area (Å²) in [5.74, 6) is 0.854. The van der Waals surface area contributed by atoms with Gasteiger partial charge in [0.1, 0.15) is 5.52 Å². The summed E-state index contributed by atoms with van der Waals surface area (Å²) in [5.41, 5.74) is 1.91. The highest BCUT2D eigenvalue weighted by Gasteiger charge is 2.27. The molecule has 1 saturated carbocycles. The molecule has 0 spiro atoms. The van der Waals surface area contributed by atoms with Crippen molar-refractivity contribution in [2.24, 2.45) is 7.05 Å². The van der Waals surface area contributed by atoms with E-state index in [0.717, 1.165) is 56.0 Å². The zero-order chi connectivity index (χ0) is 16.5. The number of anilines is 1. The molecular weight excluding hydrogens is 326 g/mol. The van der Waals surface area contributed by atoms with E-state index >= 15 is 0 Å². The van der Waals surface area contributed by atoms with Crippen molar-refractivity contribution in [3.63, 3.8) is 0 Å². The summed E-state index contributed by atoms with van der Waals surface area (Å²) in [6, 6.07) is 3.13. The van der Waals surface area contributed by atoms with E-state index in [1.807, 2.05) is 23.9 Å². The monoisotopic (exact) mass is 349 g/mol. The molecule has 0 amide bonds. The lowest BCUT2D eigenvalue weighted by atomic mass is 9.90. The summed E-state index contributed by atoms with van der Waals surface area (Å²) in [4.78, 5) is 11.3. The van der Waals surface area contributed by atoms with E-state index in [1.165, 1.54) is 12.8 Å². The zero-order valence-electron chi connectivity index (χ0n) is 14.0. The molecule has 0 bridgehead atoms. The Balaban J connectivity index is 1.43. The number of aromatic nitrogens is 3. The standard InChI is InChI=1S/C17H24ClN5O/c1-22-7-6-14-15(22)16(21-17(18)20-14)19-12-2-4-13(5-3-12)23-8-10-24-11-9-23/h6-7,12-13H,2-5,8-11H2,1H3,(H,19,20,21)/t12-,13-. The molecule has 0 unspecified atom stereocenters. The van der Waals surface area contributed by atoms with Crippen LogP contribution in [0.25, 0.3) is 11.0 Å². The number of nitrogens with zero attached hydrogens (tertiary/aromatic N) is 4. The van der Waals surface area contributed by atoms with Gasteiger partial charge < -0.3 is 14.6 Å². The van der Waals surface area contributed by atoms with Gasteiger partial charge in [-0.3, -0.25) is 4.90 Å². The second-order valence-electron chi connectivity index (χ2n) is 6.80. The summed E-state index contributed by atoms with van der Waals surface area (Å²) in [6.45, 7) is 3.91. The smallest absolute Gasteiger partial charge is 0.225 e. The van der Waals surface area contributed by atoms with Crippen molar-refractivity contribution < 1.29 is 4.74 Å². The molecule has 4 rings (SSSR count). The molecule has 0 aromatic carbocycles. The van der Waals surface area contributed by atoms with E-state index in [2.05, 4.69) is 20.2 Å². The number of morpholine rings is 1. The van der Waals surface area contributed by atoms with Crippen LogP contribution in [0.2, 0.25) is 5.28 Å². The van der Waals surface area contributed by atoms with Crippen LogP contribution in [-0.4, -0.2) is 57.8 Å². The molecule has 24 heavy (non-hydrogen) atoms. The minimum absolute atomic E-state index is 0.304. The quantitative estimate of drug-likeness (QED) is 0.863. The SMILES string of the molecule is Cn1ccc2nc(Cl)nc(N[C@H]3CC[C@H](N4CCOCC4)CC3)c21. The number of ether oxygens (including phenoxy) is 1. The predicted octanol–water partition coefficient (Wildman–Crippen LogP) is 2.68. The number of hydrogen-bond acceptors (Lipinski definition) is 5. The van der Waals surface area contributed by atoms with Gasteiger partial charge in [0.25, 0.3) is 0 Å². The Morgan fingerprint density at radius 2 is 1.92 bits per heavy atom. The van der Waals surface area contributed by atoms with Crippen molar-refractivity contribution in [3.8, 4) is 0 Å². The minimum Gasteiger partial charge on any atom is -0.379 e. The number of hydrogen-bond donors (Lipinski definition) is 1. The number of rotatable bonds is 3. The van der Waals surface area contributed by atoms with Gasteiger partial charge in [0.2, 0.25) is 5.28 Å². The van der Waals surface area contributed by atoms with Crippen molar-refractivity contribution in [3.05, 3.63) is 17.5 Å². The van der Waals surface area contributed by atoms with Crippen LogP contribution in [0.1, 0.15) is 25.7 Å². The first-order chi connectivity index (χ1) is 11.7. The molecule has 1 aliphatic carbocycles. The largest absolute Gasteiger partial charge is 0.379 e. The summed E-state index contributed by atoms with van der Waals surface area (Å²) in [6.07, 6.45) is 6.78. The maximum Gasteiger partial charge on any atom is 0.225 e. The van der Waals surface area contributed by atoms with Gasteiger partial charge in [-0.1, -0.05) is 0 Å². The molecule has 2 aromatic rings. The average Bonchev–Trinajstić information content (AvgIpc) is 2.97. The lowest BCUT2D eigenvalue weighted by Gasteiger charge is -2.39. The number of aryl methyl sites for hydroxylation is 1. The van der Waals surface area contributed by atoms with Crippen LogP contribution in [0.15, 0.2) is 12.3 Å². The Kier molecular flexibility index (Phi) is 4.61. The van der Waals surface area contributed by atoms with Crippen molar-refractivity contribution in [1.82, 2.24) is 19.4 Å². The highest BCUT2D eigenvalue weighted by Crippen LogP contribution is 2.29. The number of halogens is 1. The molecule has 2 aliphatic rings. The van der Waals surface area contributed by atoms with Gasteiger partial charge in [-0.2, -0.15) is 4.98 Å². The van der Waals surface area contributed by atoms with E-state index in [9.17, 15) is 0 Å². The molecule has 2 aromatic heterocycles. The Hall–Kier alpha value is -1.37. The molecule has 2 fully saturated rings. The maximum atomic E-state index is 6.09. The second-order valence-corrected chi connectivity index (χ2v) is 7.14. The average molecular weight is 350 g/mol. The predicted molar refractivity (Wildman–Crippen MR) is 95.6 cm³/mol. The highest BCUT2D eigenvalue weighted by atomic mass is 35.5. The van der Waals surface area contributed by atoms with Crippen LogP contribution in [0, 0.1) is 0 Å². The van der Waals surface area contributed by atoms with Crippen LogP contribution < -0.4 is 5.32 Å². The van der Waals surface area contributed by atoms with E-state index in [0.29, 0.717) is 17.4 Å². The van der Waals surface area contributed by atoms with Gasteiger partial charge in [0.05, 0.1) is 18.7 Å². The van der Waals surface area contributed by atoms with Gasteiger partial charge in [-0.25, -0.2) is 4.98 Å². The third kappa shape index (κ3) is 3.23. The third-order valence-corrected chi connectivity index (χ3v) is 5.46. The molecule has 0 radical (unpaired) electrons. The fraction of sp³-hybridized carbons (Fsp3) is 0.647. The summed E-state index contributed by atoms with van der Waals surface area (Å²) >= 11 is 6.09. The molecule has 0 atom stereocenters. The number of nitrogens with one attached hydrogen (secondary N) is 1. The van der Waals surface area contributed by atoms with Crippen LogP contribution in [0.5, 0.6) is 0 Å². The van der Waals surface area contributed by atoms with E-state index < -0.39 is 0 Å². The molecule has 7 heteroatoms. The summed E-state index contributed by atoms with van der Waals surface area (Å²) < 4.78 is 7.51. The normalized spacial score (nSPS) is 25.9. The Labute approximate surface area is 147 Å². The van der Waals surface area contributed by atoms with Gasteiger partial charge in [-0.05, 0) is 43.4 Å². The van der Waals surface area contributed by atoms with Gasteiger partial charge in [0, 0.05) is 38.4 Å². The van der Waals surface area contributed by atoms with Crippen LogP contribution in [0.4, 0.5) is 5.82 Å². The lowest BCUT2D eigenvalue weighted by Crippen LogP contribution is -2.46. The molecule has 1 aliphatic heterocycles.